The molecule has 1 aliphatic carbocycles. The van der Waals surface area contributed by atoms with Gasteiger partial charge >= 0.3 is 0 Å². The quantitative estimate of drug-likeness (QED) is 0.840. The van der Waals surface area contributed by atoms with Crippen LogP contribution in [0.1, 0.15) is 19.3 Å². The highest BCUT2D eigenvalue weighted by molar-refractivity contribution is 7.80. The second kappa shape index (κ2) is 4.82. The van der Waals surface area contributed by atoms with E-state index in [1.807, 2.05) is 0 Å². The summed E-state index contributed by atoms with van der Waals surface area (Å²) in [5.74, 6) is -0.921. The molecule has 2 rings (SSSR count). The molecule has 1 amide bonds. The van der Waals surface area contributed by atoms with Crippen LogP contribution in [0.4, 0.5) is 10.1 Å². The van der Waals surface area contributed by atoms with Crippen molar-refractivity contribution in [2.24, 2.45) is 11.1 Å². The van der Waals surface area contributed by atoms with Crippen molar-refractivity contribution in [1.29, 1.82) is 0 Å². The maximum atomic E-state index is 13.6. The van der Waals surface area contributed by atoms with E-state index >= 15 is 0 Å². The van der Waals surface area contributed by atoms with Crippen LogP contribution in [0.5, 0.6) is 0 Å². The molecule has 0 spiro atoms. The van der Waals surface area contributed by atoms with Gasteiger partial charge in [0.1, 0.15) is 5.82 Å². The maximum absolute atomic E-state index is 13.6. The van der Waals surface area contributed by atoms with Gasteiger partial charge in [-0.3, -0.25) is 4.79 Å². The third-order valence-electron chi connectivity index (χ3n) is 3.29. The van der Waals surface area contributed by atoms with Crippen LogP contribution >= 0.6 is 23.8 Å². The highest BCUT2D eigenvalue weighted by Crippen LogP contribution is 2.42. The van der Waals surface area contributed by atoms with Crippen LogP contribution in [0, 0.1) is 11.2 Å². The molecule has 1 fully saturated rings. The average molecular weight is 287 g/mol. The van der Waals surface area contributed by atoms with Crippen molar-refractivity contribution in [2.45, 2.75) is 19.3 Å². The highest BCUT2D eigenvalue weighted by Gasteiger charge is 2.47. The number of hydrogen-bond donors (Lipinski definition) is 2. The first-order valence-corrected chi connectivity index (χ1v) is 6.31. The molecule has 0 aromatic heterocycles. The summed E-state index contributed by atoms with van der Waals surface area (Å²) in [5, 5.41) is 2.80. The molecule has 18 heavy (non-hydrogen) atoms. The number of benzene rings is 1. The third-order valence-corrected chi connectivity index (χ3v) is 3.92. The van der Waals surface area contributed by atoms with Gasteiger partial charge in [0.25, 0.3) is 0 Å². The first kappa shape index (κ1) is 13.2. The van der Waals surface area contributed by atoms with Crippen LogP contribution < -0.4 is 11.1 Å². The van der Waals surface area contributed by atoms with Crippen LogP contribution in [0.15, 0.2) is 18.2 Å². The predicted molar refractivity (Wildman–Crippen MR) is 73.1 cm³/mol. The van der Waals surface area contributed by atoms with Gasteiger partial charge in [-0.15, -0.1) is 0 Å². The number of nitrogens with one attached hydrogen (secondary N) is 1. The first-order valence-electron chi connectivity index (χ1n) is 5.52. The van der Waals surface area contributed by atoms with Crippen molar-refractivity contribution < 1.29 is 9.18 Å². The Balaban J connectivity index is 2.19. The van der Waals surface area contributed by atoms with Crippen molar-refractivity contribution >= 4 is 40.4 Å². The van der Waals surface area contributed by atoms with Gasteiger partial charge < -0.3 is 11.1 Å². The fourth-order valence-electron chi connectivity index (χ4n) is 1.95. The van der Waals surface area contributed by atoms with E-state index in [1.165, 1.54) is 12.1 Å². The standard InChI is InChI=1S/C12H12ClFN2OS/c13-7-2-3-9(8(14)6-7)16-11(17)12(10(15)18)4-1-5-12/h2-3,6H,1,4-5H2,(H2,15,18)(H,16,17). The second-order valence-electron chi connectivity index (χ2n) is 4.38. The molecule has 1 aliphatic rings. The van der Waals surface area contributed by atoms with Crippen molar-refractivity contribution in [1.82, 2.24) is 0 Å². The zero-order valence-corrected chi connectivity index (χ0v) is 11.1. The van der Waals surface area contributed by atoms with E-state index in [0.29, 0.717) is 12.8 Å². The fraction of sp³-hybridized carbons (Fsp3) is 0.333. The smallest absolute Gasteiger partial charge is 0.237 e. The van der Waals surface area contributed by atoms with Gasteiger partial charge in [-0.2, -0.15) is 0 Å². The minimum absolute atomic E-state index is 0.0897. The summed E-state index contributed by atoms with van der Waals surface area (Å²) < 4.78 is 13.6. The molecule has 3 nitrogen and oxygen atoms in total. The Morgan fingerprint density at radius 2 is 2.17 bits per heavy atom. The molecule has 3 N–H and O–H groups in total. The summed E-state index contributed by atoms with van der Waals surface area (Å²) in [6.07, 6.45) is 2.13. The number of rotatable bonds is 3. The summed E-state index contributed by atoms with van der Waals surface area (Å²) in [4.78, 5) is 12.3. The van der Waals surface area contributed by atoms with E-state index in [4.69, 9.17) is 29.6 Å². The van der Waals surface area contributed by atoms with Gasteiger partial charge in [0, 0.05) is 5.02 Å². The largest absolute Gasteiger partial charge is 0.392 e. The van der Waals surface area contributed by atoms with E-state index in [2.05, 4.69) is 5.32 Å². The summed E-state index contributed by atoms with van der Waals surface area (Å²) in [5.41, 5.74) is 4.88. The van der Waals surface area contributed by atoms with E-state index in [-0.39, 0.29) is 21.6 Å². The van der Waals surface area contributed by atoms with Crippen LogP contribution in [0.25, 0.3) is 0 Å². The number of amides is 1. The van der Waals surface area contributed by atoms with Crippen LogP contribution in [0.2, 0.25) is 5.02 Å². The number of halogens is 2. The molecule has 0 saturated heterocycles. The van der Waals surface area contributed by atoms with Crippen molar-refractivity contribution in [3.8, 4) is 0 Å². The first-order chi connectivity index (χ1) is 8.45. The Bertz CT molecular complexity index is 517. The van der Waals surface area contributed by atoms with Gasteiger partial charge in [0.2, 0.25) is 5.91 Å². The number of anilines is 1. The Morgan fingerprint density at radius 1 is 1.50 bits per heavy atom. The number of nitrogens with two attached hydrogens (primary N) is 1. The van der Waals surface area contributed by atoms with Crippen LogP contribution in [-0.4, -0.2) is 10.9 Å². The zero-order chi connectivity index (χ0) is 13.3. The molecule has 0 bridgehead atoms. The molecule has 1 aromatic carbocycles. The Kier molecular flexibility index (Phi) is 3.54. The number of hydrogen-bond acceptors (Lipinski definition) is 2. The summed E-state index contributed by atoms with van der Waals surface area (Å²) in [6.45, 7) is 0. The Hall–Kier alpha value is -1.20. The molecule has 0 aliphatic heterocycles. The van der Waals surface area contributed by atoms with E-state index in [9.17, 15) is 9.18 Å². The molecule has 96 valence electrons. The molecule has 1 aromatic rings. The number of thiocarbonyl (C=S) groups is 1. The van der Waals surface area contributed by atoms with Gasteiger partial charge in [0.05, 0.1) is 16.1 Å². The predicted octanol–water partition coefficient (Wildman–Crippen LogP) is 2.87. The number of carbonyl (C=O) groups is 1. The molecule has 0 atom stereocenters. The molecule has 0 radical (unpaired) electrons. The van der Waals surface area contributed by atoms with Crippen LogP contribution in [0.3, 0.4) is 0 Å². The summed E-state index contributed by atoms with van der Waals surface area (Å²) >= 11 is 10.6. The molecule has 6 heteroatoms. The monoisotopic (exact) mass is 286 g/mol. The fourth-order valence-corrected chi connectivity index (χ4v) is 2.40. The van der Waals surface area contributed by atoms with Gasteiger partial charge in [-0.1, -0.05) is 30.2 Å². The summed E-state index contributed by atoms with van der Waals surface area (Å²) in [6, 6.07) is 4.07. The lowest BCUT2D eigenvalue weighted by atomic mass is 9.68. The lowest BCUT2D eigenvalue weighted by Crippen LogP contribution is -2.50. The minimum atomic E-state index is -0.818. The normalized spacial score (nSPS) is 16.8. The highest BCUT2D eigenvalue weighted by atomic mass is 35.5. The average Bonchev–Trinajstić information content (AvgIpc) is 2.19. The zero-order valence-electron chi connectivity index (χ0n) is 9.50. The molecular weight excluding hydrogens is 275 g/mol. The molecule has 0 heterocycles. The minimum Gasteiger partial charge on any atom is -0.392 e. The Labute approximate surface area is 114 Å². The van der Waals surface area contributed by atoms with E-state index < -0.39 is 11.2 Å². The van der Waals surface area contributed by atoms with Gasteiger partial charge in [-0.25, -0.2) is 4.39 Å². The lowest BCUT2D eigenvalue weighted by Gasteiger charge is -2.39. The van der Waals surface area contributed by atoms with Gasteiger partial charge in [0.15, 0.2) is 0 Å². The van der Waals surface area contributed by atoms with Crippen LogP contribution in [-0.2, 0) is 4.79 Å². The van der Waals surface area contributed by atoms with E-state index in [1.54, 1.807) is 0 Å². The maximum Gasteiger partial charge on any atom is 0.237 e. The topological polar surface area (TPSA) is 55.1 Å². The lowest BCUT2D eigenvalue weighted by molar-refractivity contribution is -0.125. The van der Waals surface area contributed by atoms with Crippen molar-refractivity contribution in [3.63, 3.8) is 0 Å². The van der Waals surface area contributed by atoms with Gasteiger partial charge in [-0.05, 0) is 31.0 Å². The summed E-state index contributed by atoms with van der Waals surface area (Å²) in [7, 11) is 0. The SMILES string of the molecule is NC(=S)C1(C(=O)Nc2ccc(Cl)cc2F)CCC1. The number of carbonyl (C=O) groups excluding carboxylic acids is 1. The third kappa shape index (κ3) is 2.20. The van der Waals surface area contributed by atoms with Crippen molar-refractivity contribution in [3.05, 3.63) is 29.0 Å². The van der Waals surface area contributed by atoms with Crippen molar-refractivity contribution in [2.75, 3.05) is 5.32 Å². The second-order valence-corrected chi connectivity index (χ2v) is 5.25. The van der Waals surface area contributed by atoms with E-state index in [0.717, 1.165) is 12.5 Å². The Morgan fingerprint density at radius 3 is 2.61 bits per heavy atom. The molecule has 1 saturated carbocycles. The molecule has 0 unspecified atom stereocenters. The molecular formula is C12H12ClFN2OS.